The molecule has 1 fully saturated rings. The molecule has 1 N–H and O–H groups in total. The van der Waals surface area contributed by atoms with E-state index in [4.69, 9.17) is 11.6 Å². The van der Waals surface area contributed by atoms with Gasteiger partial charge in [-0.3, -0.25) is 4.79 Å². The summed E-state index contributed by atoms with van der Waals surface area (Å²) in [5.41, 5.74) is 3.73. The first-order valence-corrected chi connectivity index (χ1v) is 11.5. The van der Waals surface area contributed by atoms with Gasteiger partial charge in [-0.1, -0.05) is 47.5 Å². The van der Waals surface area contributed by atoms with Crippen LogP contribution in [0.4, 0.5) is 5.82 Å². The van der Waals surface area contributed by atoms with Gasteiger partial charge < -0.3 is 10.2 Å². The summed E-state index contributed by atoms with van der Waals surface area (Å²) in [5, 5.41) is 9.24. The molecular weight excluding hydrogens is 436 g/mol. The number of halogens is 1. The summed E-state index contributed by atoms with van der Waals surface area (Å²) in [6.07, 6.45) is 5.28. The van der Waals surface area contributed by atoms with E-state index in [1.54, 1.807) is 6.33 Å². The molecule has 0 bridgehead atoms. The van der Waals surface area contributed by atoms with Crippen LogP contribution in [0.15, 0.2) is 61.1 Å². The lowest BCUT2D eigenvalue weighted by Gasteiger charge is -2.33. The van der Waals surface area contributed by atoms with Crippen LogP contribution >= 0.6 is 11.6 Å². The van der Waals surface area contributed by atoms with E-state index >= 15 is 0 Å². The van der Waals surface area contributed by atoms with Crippen LogP contribution in [-0.4, -0.2) is 38.7 Å². The summed E-state index contributed by atoms with van der Waals surface area (Å²) < 4.78 is 1.83. The van der Waals surface area contributed by atoms with Gasteiger partial charge in [-0.15, -0.1) is 5.10 Å². The molecule has 0 unspecified atom stereocenters. The van der Waals surface area contributed by atoms with Gasteiger partial charge in [-0.2, -0.15) is 0 Å². The van der Waals surface area contributed by atoms with Crippen LogP contribution in [0.5, 0.6) is 0 Å². The average Bonchev–Trinajstić information content (AvgIpc) is 3.28. The van der Waals surface area contributed by atoms with Gasteiger partial charge in [-0.05, 0) is 43.5 Å². The van der Waals surface area contributed by atoms with Crippen molar-refractivity contribution in [2.75, 3.05) is 18.0 Å². The highest BCUT2D eigenvalue weighted by Gasteiger charge is 2.28. The maximum absolute atomic E-state index is 12.9. The van der Waals surface area contributed by atoms with E-state index in [1.165, 1.54) is 5.56 Å². The monoisotopic (exact) mass is 460 g/mol. The Balaban J connectivity index is 1.33. The summed E-state index contributed by atoms with van der Waals surface area (Å²) in [5.74, 6) is 0.751. The molecule has 5 rings (SSSR count). The number of fused-ring (bicyclic) bond motifs is 1. The van der Waals surface area contributed by atoms with Gasteiger partial charge in [0.1, 0.15) is 12.1 Å². The number of carbonyl (C=O) groups excluding carboxylic acids is 1. The molecule has 1 aliphatic heterocycles. The van der Waals surface area contributed by atoms with Crippen molar-refractivity contribution in [3.63, 3.8) is 0 Å². The molecule has 2 aromatic heterocycles. The second-order valence-electron chi connectivity index (χ2n) is 8.44. The normalized spacial score (nSPS) is 16.2. The number of aryl methyl sites for hydroxylation is 1. The molecule has 33 heavy (non-hydrogen) atoms. The molecule has 0 aliphatic carbocycles. The van der Waals surface area contributed by atoms with Crippen LogP contribution in [0.1, 0.15) is 24.0 Å². The summed E-state index contributed by atoms with van der Waals surface area (Å²) >= 11 is 6.22. The number of piperidine rings is 1. The zero-order valence-corrected chi connectivity index (χ0v) is 19.2. The third kappa shape index (κ3) is 4.54. The quantitative estimate of drug-likeness (QED) is 0.480. The highest BCUT2D eigenvalue weighted by Crippen LogP contribution is 2.28. The number of aromatic nitrogens is 4. The van der Waals surface area contributed by atoms with E-state index in [0.717, 1.165) is 41.8 Å². The van der Waals surface area contributed by atoms with Crippen LogP contribution in [0.25, 0.3) is 16.7 Å². The molecule has 0 spiro atoms. The molecule has 8 heteroatoms. The lowest BCUT2D eigenvalue weighted by molar-refractivity contribution is -0.125. The first-order valence-electron chi connectivity index (χ1n) is 11.1. The summed E-state index contributed by atoms with van der Waals surface area (Å²) in [7, 11) is 0. The summed E-state index contributed by atoms with van der Waals surface area (Å²) in [6, 6.07) is 15.8. The highest BCUT2D eigenvalue weighted by molar-refractivity contribution is 6.31. The number of hydrogen-bond donors (Lipinski definition) is 1. The van der Waals surface area contributed by atoms with Crippen molar-refractivity contribution in [3.05, 3.63) is 77.2 Å². The van der Waals surface area contributed by atoms with Gasteiger partial charge in [0.2, 0.25) is 5.91 Å². The second-order valence-corrected chi connectivity index (χ2v) is 8.85. The molecular formula is C25H25ClN6O. The van der Waals surface area contributed by atoms with Crippen LogP contribution in [0, 0.1) is 12.8 Å². The molecule has 0 saturated carbocycles. The summed E-state index contributed by atoms with van der Waals surface area (Å²) in [4.78, 5) is 24.0. The number of hydrogen-bond acceptors (Lipinski definition) is 5. The Kier molecular flexibility index (Phi) is 5.96. The Morgan fingerprint density at radius 1 is 1.15 bits per heavy atom. The van der Waals surface area contributed by atoms with Crippen molar-refractivity contribution in [2.45, 2.75) is 26.3 Å². The van der Waals surface area contributed by atoms with Gasteiger partial charge in [0.15, 0.2) is 5.65 Å². The molecule has 1 atom stereocenters. The number of carbonyl (C=O) groups is 1. The van der Waals surface area contributed by atoms with E-state index in [2.05, 4.69) is 44.3 Å². The fourth-order valence-corrected chi connectivity index (χ4v) is 4.46. The molecule has 0 radical (unpaired) electrons. The number of benzene rings is 2. The van der Waals surface area contributed by atoms with Gasteiger partial charge >= 0.3 is 0 Å². The Hall–Kier alpha value is -3.45. The number of nitrogens with one attached hydrogen (secondary N) is 1. The van der Waals surface area contributed by atoms with E-state index in [9.17, 15) is 4.79 Å². The summed E-state index contributed by atoms with van der Waals surface area (Å²) in [6.45, 7) is 3.94. The SMILES string of the molecule is Cc1ccc(-n2cc3c(N4CCC[C@@H](C(=O)NCc5ccccc5Cl)C4)ncnc3n2)cc1. The minimum absolute atomic E-state index is 0.0419. The first kappa shape index (κ1) is 21.4. The molecule has 4 aromatic rings. The van der Waals surface area contributed by atoms with Gasteiger partial charge in [-0.25, -0.2) is 14.6 Å². The average molecular weight is 461 g/mol. The number of anilines is 1. The molecule has 2 aromatic carbocycles. The van der Waals surface area contributed by atoms with E-state index in [0.29, 0.717) is 23.8 Å². The largest absolute Gasteiger partial charge is 0.355 e. The highest BCUT2D eigenvalue weighted by atomic mass is 35.5. The predicted molar refractivity (Wildman–Crippen MR) is 130 cm³/mol. The third-order valence-corrected chi connectivity index (χ3v) is 6.47. The van der Waals surface area contributed by atoms with Crippen LogP contribution in [0.2, 0.25) is 5.02 Å². The predicted octanol–water partition coefficient (Wildman–Crippen LogP) is 4.31. The minimum atomic E-state index is -0.113. The van der Waals surface area contributed by atoms with Crippen molar-refractivity contribution < 1.29 is 4.79 Å². The molecule has 1 aliphatic rings. The Morgan fingerprint density at radius 3 is 2.79 bits per heavy atom. The first-order chi connectivity index (χ1) is 16.1. The van der Waals surface area contributed by atoms with Gasteiger partial charge in [0.25, 0.3) is 0 Å². The van der Waals surface area contributed by atoms with Crippen molar-refractivity contribution in [2.24, 2.45) is 5.92 Å². The zero-order chi connectivity index (χ0) is 22.8. The standard InChI is InChI=1S/C25H25ClN6O/c1-17-8-10-20(11-9-17)32-15-21-23(30-32)28-16-29-24(21)31-12-4-6-19(14-31)25(33)27-13-18-5-2-3-7-22(18)26/h2-3,5,7-11,15-16,19H,4,6,12-14H2,1H3,(H,27,33)/t19-/m1/s1. The molecule has 7 nitrogen and oxygen atoms in total. The molecule has 1 amide bonds. The third-order valence-electron chi connectivity index (χ3n) is 6.10. The van der Waals surface area contributed by atoms with Crippen LogP contribution in [0.3, 0.4) is 0 Å². The maximum atomic E-state index is 12.9. The fourth-order valence-electron chi connectivity index (χ4n) is 4.26. The fraction of sp³-hybridized carbons (Fsp3) is 0.280. The van der Waals surface area contributed by atoms with Gasteiger partial charge in [0, 0.05) is 30.9 Å². The molecule has 168 valence electrons. The van der Waals surface area contributed by atoms with Gasteiger partial charge in [0.05, 0.1) is 17.0 Å². The van der Waals surface area contributed by atoms with Crippen molar-refractivity contribution >= 4 is 34.4 Å². The smallest absolute Gasteiger partial charge is 0.225 e. The topological polar surface area (TPSA) is 75.9 Å². The molecule has 1 saturated heterocycles. The van der Waals surface area contributed by atoms with Crippen molar-refractivity contribution in [3.8, 4) is 5.69 Å². The van der Waals surface area contributed by atoms with Crippen molar-refractivity contribution in [1.29, 1.82) is 0 Å². The van der Waals surface area contributed by atoms with Crippen LogP contribution < -0.4 is 10.2 Å². The minimum Gasteiger partial charge on any atom is -0.355 e. The van der Waals surface area contributed by atoms with Crippen molar-refractivity contribution in [1.82, 2.24) is 25.1 Å². The Morgan fingerprint density at radius 2 is 1.97 bits per heavy atom. The lowest BCUT2D eigenvalue weighted by Crippen LogP contribution is -2.43. The number of nitrogens with zero attached hydrogens (tertiary/aromatic N) is 5. The van der Waals surface area contributed by atoms with E-state index < -0.39 is 0 Å². The Labute approximate surface area is 197 Å². The number of amides is 1. The Bertz CT molecular complexity index is 1290. The van der Waals surface area contributed by atoms with Crippen LogP contribution in [-0.2, 0) is 11.3 Å². The maximum Gasteiger partial charge on any atom is 0.225 e. The number of rotatable bonds is 5. The van der Waals surface area contributed by atoms with E-state index in [-0.39, 0.29) is 11.8 Å². The lowest BCUT2D eigenvalue weighted by atomic mass is 9.97. The zero-order valence-electron chi connectivity index (χ0n) is 18.4. The van der Waals surface area contributed by atoms with E-state index in [1.807, 2.05) is 47.3 Å². The second kappa shape index (κ2) is 9.19. The molecule has 3 heterocycles.